The van der Waals surface area contributed by atoms with Crippen LogP contribution in [0, 0.1) is 0 Å². The van der Waals surface area contributed by atoms with E-state index in [1.165, 1.54) is 0 Å². The Hall–Kier alpha value is -2.10. The Morgan fingerprint density at radius 3 is 2.74 bits per heavy atom. The number of rotatable bonds is 9. The smallest absolute Gasteiger partial charge is 0.222 e. The fourth-order valence-corrected chi connectivity index (χ4v) is 3.93. The van der Waals surface area contributed by atoms with Crippen molar-refractivity contribution in [2.75, 3.05) is 26.7 Å². The van der Waals surface area contributed by atoms with E-state index < -0.39 is 0 Å². The summed E-state index contributed by atoms with van der Waals surface area (Å²) in [7, 11) is 2.02. The number of carbonyl (C=O) groups is 1. The van der Waals surface area contributed by atoms with E-state index in [0.29, 0.717) is 25.4 Å². The monoisotopic (exact) mass is 538 g/mol. The molecule has 1 saturated heterocycles. The Balaban J connectivity index is 0.00000341. The van der Waals surface area contributed by atoms with Crippen molar-refractivity contribution in [3.8, 4) is 11.3 Å². The molecular formula is C23H35IN6O. The summed E-state index contributed by atoms with van der Waals surface area (Å²) >= 11 is 0. The summed E-state index contributed by atoms with van der Waals surface area (Å²) in [6.45, 7) is 7.25. The van der Waals surface area contributed by atoms with Crippen molar-refractivity contribution < 1.29 is 4.79 Å². The van der Waals surface area contributed by atoms with E-state index in [4.69, 9.17) is 4.99 Å². The molecule has 170 valence electrons. The number of hydrogen-bond acceptors (Lipinski definition) is 3. The van der Waals surface area contributed by atoms with Crippen LogP contribution in [-0.2, 0) is 11.3 Å². The number of H-pyrrole nitrogens is 1. The summed E-state index contributed by atoms with van der Waals surface area (Å²) in [4.78, 5) is 28.9. The highest BCUT2D eigenvalue weighted by molar-refractivity contribution is 14.0. The summed E-state index contributed by atoms with van der Waals surface area (Å²) in [6, 6.07) is 10.5. The highest BCUT2D eigenvalue weighted by Crippen LogP contribution is 2.18. The van der Waals surface area contributed by atoms with Crippen LogP contribution in [-0.4, -0.2) is 64.4 Å². The molecule has 31 heavy (non-hydrogen) atoms. The van der Waals surface area contributed by atoms with E-state index in [1.54, 1.807) is 0 Å². The van der Waals surface area contributed by atoms with Crippen LogP contribution in [0.1, 0.15) is 45.4 Å². The molecule has 0 bridgehead atoms. The van der Waals surface area contributed by atoms with Crippen molar-refractivity contribution in [1.82, 2.24) is 25.1 Å². The number of aliphatic imine (C=N–C) groups is 1. The summed E-state index contributed by atoms with van der Waals surface area (Å²) in [5.74, 6) is 2.05. The molecule has 0 spiro atoms. The van der Waals surface area contributed by atoms with Crippen molar-refractivity contribution in [2.24, 2.45) is 4.99 Å². The van der Waals surface area contributed by atoms with Gasteiger partial charge in [-0.15, -0.1) is 24.0 Å². The molecule has 2 N–H and O–H groups in total. The summed E-state index contributed by atoms with van der Waals surface area (Å²) < 4.78 is 0. The van der Waals surface area contributed by atoms with Gasteiger partial charge in [0.2, 0.25) is 5.91 Å². The van der Waals surface area contributed by atoms with E-state index in [-0.39, 0.29) is 30.0 Å². The second-order valence-corrected chi connectivity index (χ2v) is 7.74. The lowest BCUT2D eigenvalue weighted by molar-refractivity contribution is -0.129. The Bertz CT molecular complexity index is 838. The lowest BCUT2D eigenvalue weighted by atomic mass is 10.1. The average Bonchev–Trinajstić information content (AvgIpc) is 3.40. The van der Waals surface area contributed by atoms with E-state index in [2.05, 4.69) is 46.2 Å². The minimum atomic E-state index is 0. The van der Waals surface area contributed by atoms with Crippen LogP contribution in [0.2, 0.25) is 0 Å². The number of nitrogens with one attached hydrogen (secondary N) is 2. The molecule has 3 rings (SSSR count). The van der Waals surface area contributed by atoms with E-state index in [0.717, 1.165) is 55.4 Å². The fourth-order valence-electron chi connectivity index (χ4n) is 3.93. The molecule has 1 aliphatic rings. The first-order valence-corrected chi connectivity index (χ1v) is 11.0. The molecule has 1 unspecified atom stereocenters. The second-order valence-electron chi connectivity index (χ2n) is 7.74. The maximum atomic E-state index is 12.0. The zero-order chi connectivity index (χ0) is 21.3. The minimum absolute atomic E-state index is 0. The number of nitrogens with zero attached hydrogens (tertiary/aromatic N) is 4. The third kappa shape index (κ3) is 6.95. The maximum Gasteiger partial charge on any atom is 0.222 e. The van der Waals surface area contributed by atoms with Crippen LogP contribution >= 0.6 is 24.0 Å². The Labute approximate surface area is 202 Å². The first kappa shape index (κ1) is 25.2. The van der Waals surface area contributed by atoms with E-state index in [1.807, 2.05) is 36.3 Å². The molecule has 1 aromatic carbocycles. The quantitative estimate of drug-likeness (QED) is 0.289. The van der Waals surface area contributed by atoms with Crippen LogP contribution in [0.5, 0.6) is 0 Å². The van der Waals surface area contributed by atoms with Crippen molar-refractivity contribution >= 4 is 35.8 Å². The Kier molecular flexibility index (Phi) is 10.3. The predicted molar refractivity (Wildman–Crippen MR) is 137 cm³/mol. The van der Waals surface area contributed by atoms with Crippen LogP contribution in [0.25, 0.3) is 11.3 Å². The number of hydrogen-bond donors (Lipinski definition) is 2. The molecule has 0 saturated carbocycles. The molecule has 2 heterocycles. The third-order valence-corrected chi connectivity index (χ3v) is 5.54. The number of aromatic amines is 1. The number of imidazole rings is 1. The van der Waals surface area contributed by atoms with Crippen LogP contribution in [0.3, 0.4) is 0 Å². The molecule has 0 aliphatic carbocycles. The van der Waals surface area contributed by atoms with Crippen molar-refractivity contribution in [2.45, 2.75) is 52.1 Å². The molecule has 1 amide bonds. The van der Waals surface area contributed by atoms with E-state index in [9.17, 15) is 4.79 Å². The SMILES string of the molecule is CCNC(=NCCC(CC)N1CCCC1=O)N(C)Cc1ncc(-c2ccccc2)[nH]1.I. The zero-order valence-electron chi connectivity index (χ0n) is 18.8. The number of likely N-dealkylation sites (tertiary alicyclic amines) is 1. The Morgan fingerprint density at radius 1 is 1.32 bits per heavy atom. The first-order valence-electron chi connectivity index (χ1n) is 11.0. The zero-order valence-corrected chi connectivity index (χ0v) is 21.1. The molecular weight excluding hydrogens is 503 g/mol. The summed E-state index contributed by atoms with van der Waals surface area (Å²) in [5.41, 5.74) is 2.14. The lowest BCUT2D eigenvalue weighted by Gasteiger charge is -2.27. The number of benzene rings is 1. The largest absolute Gasteiger partial charge is 0.357 e. The highest BCUT2D eigenvalue weighted by atomic mass is 127. The maximum absolute atomic E-state index is 12.0. The van der Waals surface area contributed by atoms with Gasteiger partial charge in [-0.1, -0.05) is 37.3 Å². The molecule has 1 aromatic heterocycles. The summed E-state index contributed by atoms with van der Waals surface area (Å²) in [5, 5.41) is 3.36. The predicted octanol–water partition coefficient (Wildman–Crippen LogP) is 3.88. The minimum Gasteiger partial charge on any atom is -0.357 e. The van der Waals surface area contributed by atoms with Gasteiger partial charge in [0.25, 0.3) is 0 Å². The second kappa shape index (κ2) is 12.7. The van der Waals surface area contributed by atoms with Gasteiger partial charge < -0.3 is 20.1 Å². The number of carbonyl (C=O) groups excluding carboxylic acids is 1. The average molecular weight is 538 g/mol. The van der Waals surface area contributed by atoms with Crippen LogP contribution in [0.15, 0.2) is 41.5 Å². The van der Waals surface area contributed by atoms with Crippen molar-refractivity contribution in [3.63, 3.8) is 0 Å². The molecule has 1 atom stereocenters. The van der Waals surface area contributed by atoms with Crippen molar-refractivity contribution in [1.29, 1.82) is 0 Å². The molecule has 8 heteroatoms. The summed E-state index contributed by atoms with van der Waals surface area (Å²) in [6.07, 6.45) is 5.42. The van der Waals surface area contributed by atoms with E-state index >= 15 is 0 Å². The fraction of sp³-hybridized carbons (Fsp3) is 0.522. The van der Waals surface area contributed by atoms with Gasteiger partial charge in [-0.05, 0) is 31.7 Å². The van der Waals surface area contributed by atoms with Gasteiger partial charge >= 0.3 is 0 Å². The first-order chi connectivity index (χ1) is 14.6. The van der Waals surface area contributed by atoms with Gasteiger partial charge in [0.15, 0.2) is 5.96 Å². The standard InChI is InChI=1S/C23H34N6O.HI/c1-4-19(29-15-9-12-22(29)30)13-14-25-23(24-5-2)28(3)17-21-26-16-20(27-21)18-10-7-6-8-11-18;/h6-8,10-11,16,19H,4-5,9,12-15,17H2,1-3H3,(H,24,25)(H,26,27);1H. The molecule has 0 radical (unpaired) electrons. The number of guanidine groups is 1. The molecule has 1 aliphatic heterocycles. The van der Waals surface area contributed by atoms with Crippen LogP contribution < -0.4 is 5.32 Å². The van der Waals surface area contributed by atoms with Gasteiger partial charge in [-0.25, -0.2) is 4.98 Å². The molecule has 2 aromatic rings. The van der Waals surface area contributed by atoms with Crippen LogP contribution in [0.4, 0.5) is 0 Å². The topological polar surface area (TPSA) is 76.6 Å². The highest BCUT2D eigenvalue weighted by Gasteiger charge is 2.26. The number of aromatic nitrogens is 2. The normalized spacial score (nSPS) is 15.0. The van der Waals surface area contributed by atoms with Gasteiger partial charge in [-0.2, -0.15) is 0 Å². The Morgan fingerprint density at radius 2 is 2.10 bits per heavy atom. The van der Waals surface area contributed by atoms with Crippen molar-refractivity contribution in [3.05, 3.63) is 42.4 Å². The number of halogens is 1. The molecule has 7 nitrogen and oxygen atoms in total. The van der Waals surface area contributed by atoms with Gasteiger partial charge in [0, 0.05) is 39.1 Å². The van der Waals surface area contributed by atoms with Gasteiger partial charge in [0.1, 0.15) is 5.82 Å². The number of amides is 1. The van der Waals surface area contributed by atoms with Gasteiger partial charge in [0.05, 0.1) is 18.4 Å². The third-order valence-electron chi connectivity index (χ3n) is 5.54. The molecule has 1 fully saturated rings. The lowest BCUT2D eigenvalue weighted by Crippen LogP contribution is -2.39. The van der Waals surface area contributed by atoms with Gasteiger partial charge in [-0.3, -0.25) is 9.79 Å².